The Labute approximate surface area is 220 Å². The van der Waals surface area contributed by atoms with Gasteiger partial charge >= 0.3 is 5.97 Å². The van der Waals surface area contributed by atoms with E-state index in [9.17, 15) is 4.79 Å². The fourth-order valence-corrected chi connectivity index (χ4v) is 4.41. The van der Waals surface area contributed by atoms with Gasteiger partial charge in [0.25, 0.3) is 0 Å². The molecule has 34 heavy (non-hydrogen) atoms. The van der Waals surface area contributed by atoms with Crippen LogP contribution in [0.2, 0.25) is 15.1 Å². The monoisotopic (exact) mass is 579 g/mol. The highest BCUT2D eigenvalue weighted by Crippen LogP contribution is 2.38. The summed E-state index contributed by atoms with van der Waals surface area (Å²) in [4.78, 5) is 16.7. The smallest absolute Gasteiger partial charge is 0.363 e. The second kappa shape index (κ2) is 10.8. The SMILES string of the molecule is CCOc1cc(/C=C2\N=C(c3ccc(Cl)cc3Cl)OC2=O)cc(Cl)c1OCc1cccc(Br)c1. The molecule has 0 fully saturated rings. The summed E-state index contributed by atoms with van der Waals surface area (Å²) in [7, 11) is 0. The normalized spacial score (nSPS) is 14.2. The quantitative estimate of drug-likeness (QED) is 0.212. The van der Waals surface area contributed by atoms with Gasteiger partial charge in [-0.05, 0) is 66.6 Å². The molecule has 0 atom stereocenters. The Bertz CT molecular complexity index is 1320. The van der Waals surface area contributed by atoms with Crippen molar-refractivity contribution in [2.75, 3.05) is 6.61 Å². The zero-order valence-electron chi connectivity index (χ0n) is 17.8. The Balaban J connectivity index is 1.62. The molecule has 0 N–H and O–H groups in total. The van der Waals surface area contributed by atoms with Crippen LogP contribution in [0.1, 0.15) is 23.6 Å². The maximum atomic E-state index is 12.4. The molecule has 0 saturated carbocycles. The largest absolute Gasteiger partial charge is 0.490 e. The predicted octanol–water partition coefficient (Wildman–Crippen LogP) is 7.73. The lowest BCUT2D eigenvalue weighted by Gasteiger charge is -2.14. The fraction of sp³-hybridized carbons (Fsp3) is 0.120. The molecule has 4 rings (SSSR count). The summed E-state index contributed by atoms with van der Waals surface area (Å²) in [6, 6.07) is 16.0. The van der Waals surface area contributed by atoms with Gasteiger partial charge in [0.15, 0.2) is 17.2 Å². The molecule has 1 aliphatic heterocycles. The van der Waals surface area contributed by atoms with Crippen LogP contribution in [0.5, 0.6) is 11.5 Å². The van der Waals surface area contributed by atoms with Crippen LogP contribution in [0.3, 0.4) is 0 Å². The molecule has 1 aliphatic rings. The fourth-order valence-electron chi connectivity index (χ4n) is 3.20. The van der Waals surface area contributed by atoms with E-state index in [-0.39, 0.29) is 11.6 Å². The van der Waals surface area contributed by atoms with Crippen LogP contribution in [-0.4, -0.2) is 18.5 Å². The molecule has 0 saturated heterocycles. The molecule has 1 heterocycles. The number of ether oxygens (including phenoxy) is 3. The van der Waals surface area contributed by atoms with Crippen molar-refractivity contribution in [3.63, 3.8) is 0 Å². The van der Waals surface area contributed by atoms with E-state index < -0.39 is 5.97 Å². The maximum absolute atomic E-state index is 12.4. The summed E-state index contributed by atoms with van der Waals surface area (Å²) in [6.45, 7) is 2.57. The summed E-state index contributed by atoms with van der Waals surface area (Å²) in [5.74, 6) is 0.359. The van der Waals surface area contributed by atoms with Crippen LogP contribution in [0, 0.1) is 0 Å². The third kappa shape index (κ3) is 5.76. The van der Waals surface area contributed by atoms with Gasteiger partial charge in [0.1, 0.15) is 6.61 Å². The van der Waals surface area contributed by atoms with Crippen molar-refractivity contribution in [2.24, 2.45) is 4.99 Å². The van der Waals surface area contributed by atoms with Crippen molar-refractivity contribution in [3.05, 3.63) is 96.5 Å². The van der Waals surface area contributed by atoms with E-state index in [0.29, 0.717) is 50.9 Å². The number of carbonyl (C=O) groups is 1. The maximum Gasteiger partial charge on any atom is 0.363 e. The molecule has 174 valence electrons. The van der Waals surface area contributed by atoms with Gasteiger partial charge in [-0.25, -0.2) is 9.79 Å². The molecule has 3 aromatic carbocycles. The van der Waals surface area contributed by atoms with E-state index in [1.54, 1.807) is 36.4 Å². The van der Waals surface area contributed by atoms with Crippen molar-refractivity contribution >= 4 is 68.7 Å². The minimum Gasteiger partial charge on any atom is -0.490 e. The molecule has 9 heteroatoms. The van der Waals surface area contributed by atoms with E-state index in [1.807, 2.05) is 31.2 Å². The first-order valence-corrected chi connectivity index (χ1v) is 12.1. The molecule has 0 aliphatic carbocycles. The molecular formula is C25H17BrCl3NO4. The van der Waals surface area contributed by atoms with Crippen LogP contribution < -0.4 is 9.47 Å². The predicted molar refractivity (Wildman–Crippen MR) is 138 cm³/mol. The summed E-state index contributed by atoms with van der Waals surface area (Å²) < 4.78 is 18.0. The number of hydrogen-bond donors (Lipinski definition) is 0. The summed E-state index contributed by atoms with van der Waals surface area (Å²) >= 11 is 22.1. The Morgan fingerprint density at radius 3 is 2.59 bits per heavy atom. The Hall–Kier alpha value is -2.51. The zero-order valence-corrected chi connectivity index (χ0v) is 21.6. The average Bonchev–Trinajstić information content (AvgIpc) is 3.13. The van der Waals surface area contributed by atoms with Gasteiger partial charge < -0.3 is 14.2 Å². The van der Waals surface area contributed by atoms with E-state index in [1.165, 1.54) is 0 Å². The number of halogens is 4. The van der Waals surface area contributed by atoms with Crippen LogP contribution in [0.4, 0.5) is 0 Å². The number of carbonyl (C=O) groups excluding carboxylic acids is 1. The number of rotatable bonds is 7. The molecule has 0 amide bonds. The molecule has 0 spiro atoms. The molecular weight excluding hydrogens is 565 g/mol. The minimum absolute atomic E-state index is 0.0994. The van der Waals surface area contributed by atoms with Crippen molar-refractivity contribution in [1.82, 2.24) is 0 Å². The third-order valence-corrected chi connectivity index (χ3v) is 6.01. The highest BCUT2D eigenvalue weighted by molar-refractivity contribution is 9.10. The first-order chi connectivity index (χ1) is 16.3. The van der Waals surface area contributed by atoms with Gasteiger partial charge in [-0.1, -0.05) is 62.9 Å². The lowest BCUT2D eigenvalue weighted by atomic mass is 10.1. The molecule has 0 aromatic heterocycles. The molecule has 0 radical (unpaired) electrons. The highest BCUT2D eigenvalue weighted by atomic mass is 79.9. The van der Waals surface area contributed by atoms with E-state index in [2.05, 4.69) is 20.9 Å². The first-order valence-electron chi connectivity index (χ1n) is 10.2. The van der Waals surface area contributed by atoms with E-state index in [4.69, 9.17) is 49.0 Å². The van der Waals surface area contributed by atoms with Gasteiger partial charge in [-0.2, -0.15) is 0 Å². The van der Waals surface area contributed by atoms with E-state index in [0.717, 1.165) is 10.0 Å². The summed E-state index contributed by atoms with van der Waals surface area (Å²) in [5.41, 5.74) is 2.13. The van der Waals surface area contributed by atoms with Crippen molar-refractivity contribution in [1.29, 1.82) is 0 Å². The standard InChI is InChI=1S/C25H17BrCl3NO4/c1-2-32-22-11-15(9-20(29)23(22)33-13-14-4-3-5-16(26)8-14)10-21-25(31)34-24(30-21)18-7-6-17(27)12-19(18)28/h3-12H,2,13H2,1H3/b21-10-. The Morgan fingerprint density at radius 2 is 1.85 bits per heavy atom. The summed E-state index contributed by atoms with van der Waals surface area (Å²) in [5, 5.41) is 1.13. The Morgan fingerprint density at radius 1 is 1.03 bits per heavy atom. The van der Waals surface area contributed by atoms with Crippen LogP contribution in [-0.2, 0) is 16.1 Å². The third-order valence-electron chi connectivity index (χ3n) is 4.69. The average molecular weight is 582 g/mol. The summed E-state index contributed by atoms with van der Waals surface area (Å²) in [6.07, 6.45) is 1.56. The van der Waals surface area contributed by atoms with Crippen LogP contribution in [0.25, 0.3) is 6.08 Å². The number of aliphatic imine (C=N–C) groups is 1. The van der Waals surface area contributed by atoms with Gasteiger partial charge in [0, 0.05) is 9.50 Å². The van der Waals surface area contributed by atoms with E-state index >= 15 is 0 Å². The second-order valence-electron chi connectivity index (χ2n) is 7.14. The topological polar surface area (TPSA) is 57.1 Å². The van der Waals surface area contributed by atoms with Crippen molar-refractivity contribution in [2.45, 2.75) is 13.5 Å². The van der Waals surface area contributed by atoms with Gasteiger partial charge in [-0.15, -0.1) is 0 Å². The number of benzene rings is 3. The number of cyclic esters (lactones) is 1. The minimum atomic E-state index is -0.606. The molecule has 3 aromatic rings. The number of nitrogens with zero attached hydrogens (tertiary/aromatic N) is 1. The number of esters is 1. The van der Waals surface area contributed by atoms with Crippen molar-refractivity contribution < 1.29 is 19.0 Å². The lowest BCUT2D eigenvalue weighted by molar-refractivity contribution is -0.129. The molecule has 0 unspecified atom stereocenters. The van der Waals surface area contributed by atoms with Crippen LogP contribution in [0.15, 0.2) is 69.8 Å². The highest BCUT2D eigenvalue weighted by Gasteiger charge is 2.26. The lowest BCUT2D eigenvalue weighted by Crippen LogP contribution is -2.06. The second-order valence-corrected chi connectivity index (χ2v) is 9.31. The van der Waals surface area contributed by atoms with Crippen molar-refractivity contribution in [3.8, 4) is 11.5 Å². The Kier molecular flexibility index (Phi) is 7.84. The first kappa shape index (κ1) is 24.6. The van der Waals surface area contributed by atoms with Gasteiger partial charge in [-0.3, -0.25) is 0 Å². The van der Waals surface area contributed by atoms with Crippen LogP contribution >= 0.6 is 50.7 Å². The number of hydrogen-bond acceptors (Lipinski definition) is 5. The molecule has 5 nitrogen and oxygen atoms in total. The molecule has 0 bridgehead atoms. The zero-order chi connectivity index (χ0) is 24.2. The van der Waals surface area contributed by atoms with Gasteiger partial charge in [0.05, 0.1) is 22.2 Å². The van der Waals surface area contributed by atoms with Gasteiger partial charge in [0.2, 0.25) is 5.90 Å².